The predicted octanol–water partition coefficient (Wildman–Crippen LogP) is 4.61. The standard InChI is InChI=1S/C25H25N5O/c1-4-29(17-20-8-6-5-7-9-20)25(31)23-24(21-12-14-26-15-13-21)30(28-27-23)22-11-10-18(2)19(3)16-22/h5-16H,4,17H2,1-3H3. The van der Waals surface area contributed by atoms with Gasteiger partial charge in [0.2, 0.25) is 0 Å². The predicted molar refractivity (Wildman–Crippen MR) is 121 cm³/mol. The van der Waals surface area contributed by atoms with E-state index in [9.17, 15) is 4.79 Å². The van der Waals surface area contributed by atoms with E-state index >= 15 is 0 Å². The largest absolute Gasteiger partial charge is 0.333 e. The van der Waals surface area contributed by atoms with E-state index in [-0.39, 0.29) is 5.91 Å². The molecule has 0 spiro atoms. The van der Waals surface area contributed by atoms with Gasteiger partial charge in [-0.05, 0) is 61.7 Å². The highest BCUT2D eigenvalue weighted by Crippen LogP contribution is 2.27. The van der Waals surface area contributed by atoms with E-state index in [0.29, 0.717) is 24.5 Å². The normalized spacial score (nSPS) is 10.8. The Balaban J connectivity index is 1.79. The number of nitrogens with zero attached hydrogens (tertiary/aromatic N) is 5. The minimum atomic E-state index is -0.145. The first-order valence-corrected chi connectivity index (χ1v) is 10.4. The van der Waals surface area contributed by atoms with Gasteiger partial charge in [0, 0.05) is 31.0 Å². The van der Waals surface area contributed by atoms with Gasteiger partial charge in [0.25, 0.3) is 5.91 Å². The van der Waals surface area contributed by atoms with Crippen LogP contribution in [0.3, 0.4) is 0 Å². The summed E-state index contributed by atoms with van der Waals surface area (Å²) in [5, 5.41) is 8.71. The molecule has 4 aromatic rings. The van der Waals surface area contributed by atoms with Crippen LogP contribution in [-0.2, 0) is 6.54 Å². The SMILES string of the molecule is CCN(Cc1ccccc1)C(=O)c1nnn(-c2ccc(C)c(C)c2)c1-c1ccncc1. The van der Waals surface area contributed by atoms with Crippen molar-refractivity contribution in [2.24, 2.45) is 0 Å². The molecule has 0 atom stereocenters. The topological polar surface area (TPSA) is 63.9 Å². The number of carbonyl (C=O) groups is 1. The fourth-order valence-electron chi connectivity index (χ4n) is 3.51. The van der Waals surface area contributed by atoms with Crippen molar-refractivity contribution in [2.75, 3.05) is 6.54 Å². The van der Waals surface area contributed by atoms with E-state index in [1.54, 1.807) is 22.0 Å². The summed E-state index contributed by atoms with van der Waals surface area (Å²) in [6.45, 7) is 7.19. The van der Waals surface area contributed by atoms with Gasteiger partial charge >= 0.3 is 0 Å². The number of hydrogen-bond donors (Lipinski definition) is 0. The Kier molecular flexibility index (Phi) is 5.89. The first kappa shape index (κ1) is 20.5. The molecular formula is C25H25N5O. The van der Waals surface area contributed by atoms with Crippen LogP contribution in [0, 0.1) is 13.8 Å². The lowest BCUT2D eigenvalue weighted by Gasteiger charge is -2.20. The van der Waals surface area contributed by atoms with Crippen molar-refractivity contribution in [3.8, 4) is 16.9 Å². The van der Waals surface area contributed by atoms with Crippen LogP contribution in [0.25, 0.3) is 16.9 Å². The molecule has 0 radical (unpaired) electrons. The molecule has 0 aliphatic carbocycles. The third-order valence-electron chi connectivity index (χ3n) is 5.45. The van der Waals surface area contributed by atoms with Gasteiger partial charge in [0.15, 0.2) is 5.69 Å². The number of benzene rings is 2. The van der Waals surface area contributed by atoms with Crippen molar-refractivity contribution in [2.45, 2.75) is 27.3 Å². The van der Waals surface area contributed by atoms with Crippen molar-refractivity contribution >= 4 is 5.91 Å². The van der Waals surface area contributed by atoms with Gasteiger partial charge in [0.1, 0.15) is 5.69 Å². The summed E-state index contributed by atoms with van der Waals surface area (Å²) in [7, 11) is 0. The average molecular weight is 412 g/mol. The third kappa shape index (κ3) is 4.23. The van der Waals surface area contributed by atoms with E-state index in [0.717, 1.165) is 22.4 Å². The van der Waals surface area contributed by atoms with Crippen LogP contribution >= 0.6 is 0 Å². The fraction of sp³-hybridized carbons (Fsp3) is 0.200. The van der Waals surface area contributed by atoms with E-state index in [4.69, 9.17) is 0 Å². The maximum absolute atomic E-state index is 13.5. The monoisotopic (exact) mass is 411 g/mol. The Bertz CT molecular complexity index is 1190. The zero-order chi connectivity index (χ0) is 21.8. The molecule has 156 valence electrons. The van der Waals surface area contributed by atoms with Crippen LogP contribution in [0.4, 0.5) is 0 Å². The molecule has 0 N–H and O–H groups in total. The summed E-state index contributed by atoms with van der Waals surface area (Å²) in [4.78, 5) is 19.4. The highest BCUT2D eigenvalue weighted by atomic mass is 16.2. The van der Waals surface area contributed by atoms with Crippen molar-refractivity contribution < 1.29 is 4.79 Å². The number of hydrogen-bond acceptors (Lipinski definition) is 4. The summed E-state index contributed by atoms with van der Waals surface area (Å²) in [6.07, 6.45) is 3.42. The molecule has 31 heavy (non-hydrogen) atoms. The number of rotatable bonds is 6. The van der Waals surface area contributed by atoms with Gasteiger partial charge in [-0.15, -0.1) is 5.10 Å². The Labute approximate surface area is 182 Å². The summed E-state index contributed by atoms with van der Waals surface area (Å²) in [6, 6.07) is 19.8. The molecular weight excluding hydrogens is 386 g/mol. The van der Waals surface area contributed by atoms with Crippen LogP contribution < -0.4 is 0 Å². The van der Waals surface area contributed by atoms with Gasteiger partial charge in [0.05, 0.1) is 5.69 Å². The lowest BCUT2D eigenvalue weighted by molar-refractivity contribution is 0.0747. The van der Waals surface area contributed by atoms with Crippen molar-refractivity contribution in [3.63, 3.8) is 0 Å². The van der Waals surface area contributed by atoms with E-state index in [2.05, 4.69) is 41.3 Å². The average Bonchev–Trinajstić information content (AvgIpc) is 3.25. The van der Waals surface area contributed by atoms with E-state index < -0.39 is 0 Å². The Hall–Kier alpha value is -3.80. The highest BCUT2D eigenvalue weighted by Gasteiger charge is 2.26. The number of carbonyl (C=O) groups excluding carboxylic acids is 1. The second kappa shape index (κ2) is 8.92. The Morgan fingerprint density at radius 3 is 2.39 bits per heavy atom. The fourth-order valence-corrected chi connectivity index (χ4v) is 3.51. The van der Waals surface area contributed by atoms with Gasteiger partial charge in [-0.2, -0.15) is 0 Å². The van der Waals surface area contributed by atoms with Gasteiger partial charge in [-0.25, -0.2) is 4.68 Å². The molecule has 0 aliphatic heterocycles. The molecule has 0 bridgehead atoms. The second-order valence-corrected chi connectivity index (χ2v) is 7.51. The summed E-state index contributed by atoms with van der Waals surface area (Å²) in [5.41, 5.74) is 6.14. The zero-order valence-electron chi connectivity index (χ0n) is 18.0. The molecule has 0 fully saturated rings. The smallest absolute Gasteiger partial charge is 0.277 e. The maximum Gasteiger partial charge on any atom is 0.277 e. The van der Waals surface area contributed by atoms with Gasteiger partial charge < -0.3 is 4.90 Å². The van der Waals surface area contributed by atoms with Crippen molar-refractivity contribution in [1.29, 1.82) is 0 Å². The van der Waals surface area contributed by atoms with Crippen LogP contribution in [0.15, 0.2) is 73.1 Å². The summed E-state index contributed by atoms with van der Waals surface area (Å²) < 4.78 is 1.74. The van der Waals surface area contributed by atoms with Crippen LogP contribution in [0.2, 0.25) is 0 Å². The zero-order valence-corrected chi connectivity index (χ0v) is 18.0. The molecule has 6 heteroatoms. The quantitative estimate of drug-likeness (QED) is 0.465. The molecule has 2 heterocycles. The van der Waals surface area contributed by atoms with Crippen LogP contribution in [0.1, 0.15) is 34.1 Å². The molecule has 0 saturated carbocycles. The lowest BCUT2D eigenvalue weighted by atomic mass is 10.1. The molecule has 2 aromatic carbocycles. The summed E-state index contributed by atoms with van der Waals surface area (Å²) in [5.74, 6) is -0.145. The van der Waals surface area contributed by atoms with Gasteiger partial charge in [-0.1, -0.05) is 41.6 Å². The molecule has 4 rings (SSSR count). The Morgan fingerprint density at radius 1 is 0.968 bits per heavy atom. The Morgan fingerprint density at radius 2 is 1.71 bits per heavy atom. The maximum atomic E-state index is 13.5. The molecule has 0 unspecified atom stereocenters. The molecule has 0 aliphatic rings. The highest BCUT2D eigenvalue weighted by molar-refractivity contribution is 5.98. The first-order valence-electron chi connectivity index (χ1n) is 10.4. The number of amides is 1. The summed E-state index contributed by atoms with van der Waals surface area (Å²) >= 11 is 0. The van der Waals surface area contributed by atoms with Gasteiger partial charge in [-0.3, -0.25) is 9.78 Å². The van der Waals surface area contributed by atoms with Crippen molar-refractivity contribution in [1.82, 2.24) is 24.9 Å². The van der Waals surface area contributed by atoms with E-state index in [1.807, 2.05) is 55.5 Å². The minimum absolute atomic E-state index is 0.145. The third-order valence-corrected chi connectivity index (χ3v) is 5.45. The van der Waals surface area contributed by atoms with Crippen LogP contribution in [0.5, 0.6) is 0 Å². The van der Waals surface area contributed by atoms with Crippen molar-refractivity contribution in [3.05, 3.63) is 95.4 Å². The lowest BCUT2D eigenvalue weighted by Crippen LogP contribution is -2.31. The molecule has 6 nitrogen and oxygen atoms in total. The first-order chi connectivity index (χ1) is 15.1. The molecule has 2 aromatic heterocycles. The number of pyridine rings is 1. The van der Waals surface area contributed by atoms with Crippen LogP contribution in [-0.4, -0.2) is 37.3 Å². The molecule has 0 saturated heterocycles. The number of aryl methyl sites for hydroxylation is 2. The van der Waals surface area contributed by atoms with E-state index in [1.165, 1.54) is 5.56 Å². The second-order valence-electron chi connectivity index (χ2n) is 7.51. The minimum Gasteiger partial charge on any atom is -0.333 e. The molecule has 1 amide bonds. The number of aromatic nitrogens is 4.